The highest BCUT2D eigenvalue weighted by molar-refractivity contribution is 6.35. The number of piperazine rings is 3. The first-order chi connectivity index (χ1) is 37.2. The topological polar surface area (TPSA) is 80.1 Å². The molecule has 0 bridgehead atoms. The van der Waals surface area contributed by atoms with Crippen molar-refractivity contribution in [3.63, 3.8) is 0 Å². The number of hydrogen-bond acceptors (Lipinski definition) is 9. The minimum Gasteiger partial charge on any atom is -0.389 e. The van der Waals surface area contributed by atoms with Crippen molar-refractivity contribution >= 4 is 34.8 Å². The minimum atomic E-state index is -0.669. The van der Waals surface area contributed by atoms with Gasteiger partial charge >= 0.3 is 0 Å². The Kier molecular flexibility index (Phi) is 26.2. The lowest BCUT2D eigenvalue weighted by Gasteiger charge is -2.42. The van der Waals surface area contributed by atoms with Gasteiger partial charge in [-0.1, -0.05) is 173 Å². The smallest absolute Gasteiger partial charge is 0.0728 e. The molecule has 0 amide bonds. The summed E-state index contributed by atoms with van der Waals surface area (Å²) in [6, 6.07) is 24.3. The summed E-state index contributed by atoms with van der Waals surface area (Å²) >= 11 is 18.6. The van der Waals surface area contributed by atoms with E-state index >= 15 is 0 Å². The van der Waals surface area contributed by atoms with Crippen molar-refractivity contribution in [2.45, 2.75) is 164 Å². The second kappa shape index (κ2) is 32.1. The van der Waals surface area contributed by atoms with Gasteiger partial charge in [0.1, 0.15) is 0 Å². The van der Waals surface area contributed by atoms with Gasteiger partial charge in [0, 0.05) is 150 Å². The van der Waals surface area contributed by atoms with E-state index in [1.165, 1.54) is 89.0 Å². The zero-order valence-corrected chi connectivity index (χ0v) is 50.5. The van der Waals surface area contributed by atoms with Gasteiger partial charge in [0.05, 0.1) is 16.8 Å². The van der Waals surface area contributed by atoms with E-state index in [4.69, 9.17) is 34.8 Å². The zero-order chi connectivity index (χ0) is 54.5. The van der Waals surface area contributed by atoms with E-state index in [9.17, 15) is 15.3 Å². The van der Waals surface area contributed by atoms with Crippen LogP contribution < -0.4 is 0 Å². The fourth-order valence-corrected chi connectivity index (χ4v) is 14.4. The highest BCUT2D eigenvalue weighted by Gasteiger charge is 2.41. The van der Waals surface area contributed by atoms with E-state index in [0.29, 0.717) is 34.2 Å². The fourth-order valence-electron chi connectivity index (χ4n) is 13.8. The molecule has 9 rings (SSSR count). The maximum atomic E-state index is 12.0. The molecule has 0 radical (unpaired) electrons. The van der Waals surface area contributed by atoms with Gasteiger partial charge in [0.25, 0.3) is 0 Å². The summed E-state index contributed by atoms with van der Waals surface area (Å²) < 4.78 is 0. The Labute approximate surface area is 483 Å². The Balaban J connectivity index is 0.000000168. The molecule has 0 spiro atoms. The molecule has 77 heavy (non-hydrogen) atoms. The number of benzene rings is 3. The van der Waals surface area contributed by atoms with Crippen molar-refractivity contribution in [1.82, 2.24) is 29.4 Å². The van der Waals surface area contributed by atoms with E-state index in [-0.39, 0.29) is 0 Å². The minimum absolute atomic E-state index is 0.310. The van der Waals surface area contributed by atoms with Crippen LogP contribution in [0.4, 0.5) is 0 Å². The Morgan fingerprint density at radius 3 is 1.18 bits per heavy atom. The van der Waals surface area contributed by atoms with E-state index < -0.39 is 16.8 Å². The maximum absolute atomic E-state index is 12.0. The quantitative estimate of drug-likeness (QED) is 0.154. The molecular weight excluding hydrogens is 1020 g/mol. The van der Waals surface area contributed by atoms with Crippen LogP contribution >= 0.6 is 34.8 Å². The Hall–Kier alpha value is -1.83. The van der Waals surface area contributed by atoms with Gasteiger partial charge in [-0.15, -0.1) is 0 Å². The number of nitrogens with zero attached hydrogens (tertiary/aromatic N) is 6. The molecule has 3 aromatic carbocycles. The van der Waals surface area contributed by atoms with Gasteiger partial charge in [-0.2, -0.15) is 0 Å². The molecule has 6 unspecified atom stereocenters. The predicted molar refractivity (Wildman–Crippen MR) is 325 cm³/mol. The number of aliphatic hydroxyl groups is 3. The molecule has 6 fully saturated rings. The molecule has 3 aliphatic carbocycles. The summed E-state index contributed by atoms with van der Waals surface area (Å²) in [6.45, 7) is 16.7. The van der Waals surface area contributed by atoms with Crippen molar-refractivity contribution < 1.29 is 15.3 Å². The van der Waals surface area contributed by atoms with Crippen LogP contribution in [-0.2, 0) is 19.3 Å². The van der Waals surface area contributed by atoms with Crippen molar-refractivity contribution in [2.75, 3.05) is 119 Å². The molecule has 432 valence electrons. The van der Waals surface area contributed by atoms with Gasteiger partial charge in [-0.3, -0.25) is 0 Å². The summed E-state index contributed by atoms with van der Waals surface area (Å²) in [6.07, 6.45) is 26.0. The van der Waals surface area contributed by atoms with Crippen molar-refractivity contribution in [3.05, 3.63) is 105 Å². The molecule has 0 aromatic heterocycles. The van der Waals surface area contributed by atoms with Gasteiger partial charge < -0.3 is 44.7 Å². The number of halogens is 3. The highest BCUT2D eigenvalue weighted by atomic mass is 35.5. The first-order valence-corrected chi connectivity index (χ1v) is 31.9. The van der Waals surface area contributed by atoms with Gasteiger partial charge in [-0.05, 0) is 101 Å². The number of likely N-dealkylation sites (N-methyl/N-ethyl adjacent to an activating group) is 3. The molecule has 12 heteroatoms. The Morgan fingerprint density at radius 1 is 0.390 bits per heavy atom. The van der Waals surface area contributed by atoms with Crippen LogP contribution in [0, 0.1) is 17.8 Å². The molecule has 3 aromatic rings. The number of hydrogen-bond donors (Lipinski definition) is 3. The van der Waals surface area contributed by atoms with Crippen molar-refractivity contribution in [3.8, 4) is 0 Å². The molecule has 3 aliphatic heterocycles. The third-order valence-corrected chi connectivity index (χ3v) is 19.8. The highest BCUT2D eigenvalue weighted by Crippen LogP contribution is 2.40. The van der Waals surface area contributed by atoms with Crippen LogP contribution in [-0.4, -0.2) is 181 Å². The third kappa shape index (κ3) is 20.8. The van der Waals surface area contributed by atoms with Crippen LogP contribution in [0.2, 0.25) is 15.1 Å². The molecular formula is C65H103Cl3N6O3. The standard InChI is InChI=1S/C25H42N2O.C20H30Cl2N2O.C20H31ClN2O/c1-26-17-19-27(20-18-26)22-24-15-11-6-4-2-3-5-7-12-16-25(24,28)21-23-13-9-8-10-14-23;1-23-9-11-24(12-10-23)15-17-5-3-2-4-8-20(17,25)14-16-6-7-18(21)13-19(16)22;1-22-10-12-23(13-11-22)16-18-7-3-2-4-9-20(18,24)15-17-6-5-8-19(21)14-17/h8-10,13-14,24,28H,2-7,11-12,15-22H2,1H3;6-7,13,17,25H,2-5,8-12,14-15H2,1H3;5-6,8,14,18,24H,2-4,7,9-13,15-16H2,1H3. The zero-order valence-electron chi connectivity index (χ0n) is 48.2. The second-order valence-electron chi connectivity index (χ2n) is 25.2. The lowest BCUT2D eigenvalue weighted by atomic mass is 9.75. The summed E-state index contributed by atoms with van der Waals surface area (Å²) in [4.78, 5) is 14.9. The van der Waals surface area contributed by atoms with E-state index in [1.807, 2.05) is 30.3 Å². The summed E-state index contributed by atoms with van der Waals surface area (Å²) in [7, 11) is 6.60. The second-order valence-corrected chi connectivity index (χ2v) is 26.4. The summed E-state index contributed by atoms with van der Waals surface area (Å²) in [5.74, 6) is 1.06. The lowest BCUT2D eigenvalue weighted by molar-refractivity contribution is -0.0480. The van der Waals surface area contributed by atoms with E-state index in [2.05, 4.69) is 86.9 Å². The Morgan fingerprint density at radius 2 is 0.753 bits per heavy atom. The van der Waals surface area contributed by atoms with Gasteiger partial charge in [-0.25, -0.2) is 0 Å². The molecule has 9 nitrogen and oxygen atoms in total. The molecule has 6 atom stereocenters. The predicted octanol–water partition coefficient (Wildman–Crippen LogP) is 12.3. The fraction of sp³-hybridized carbons (Fsp3) is 0.723. The van der Waals surface area contributed by atoms with Crippen molar-refractivity contribution in [1.29, 1.82) is 0 Å². The van der Waals surface area contributed by atoms with Gasteiger partial charge in [0.15, 0.2) is 0 Å². The van der Waals surface area contributed by atoms with Crippen LogP contribution in [0.1, 0.15) is 145 Å². The van der Waals surface area contributed by atoms with Gasteiger partial charge in [0.2, 0.25) is 0 Å². The SMILES string of the molecule is CN1CCN(CC2CCCCCC2(O)Cc2ccc(Cl)cc2Cl)CC1.CN1CCN(CC2CCCCCC2(O)Cc2cccc(Cl)c2)CC1.CN1CCN(CC2CCCCCCCCCCC2(O)Cc2ccccc2)CC1. The molecule has 3 N–H and O–H groups in total. The average molecular weight is 1120 g/mol. The van der Waals surface area contributed by atoms with Crippen LogP contribution in [0.25, 0.3) is 0 Å². The van der Waals surface area contributed by atoms with Crippen LogP contribution in [0.5, 0.6) is 0 Å². The average Bonchev–Trinajstić information content (AvgIpc) is 3.71. The first-order valence-electron chi connectivity index (χ1n) is 30.8. The molecule has 3 heterocycles. The molecule has 3 saturated carbocycles. The maximum Gasteiger partial charge on any atom is 0.0728 e. The van der Waals surface area contributed by atoms with Crippen LogP contribution in [0.3, 0.4) is 0 Å². The largest absolute Gasteiger partial charge is 0.389 e. The normalized spacial score (nSPS) is 29.8. The van der Waals surface area contributed by atoms with E-state index in [0.717, 1.165) is 172 Å². The van der Waals surface area contributed by atoms with Crippen LogP contribution in [0.15, 0.2) is 72.8 Å². The molecule has 6 aliphatic rings. The summed E-state index contributed by atoms with van der Waals surface area (Å²) in [5.41, 5.74) is 1.64. The Bertz CT molecular complexity index is 2120. The lowest BCUT2D eigenvalue weighted by Crippen LogP contribution is -2.51. The van der Waals surface area contributed by atoms with Crippen molar-refractivity contribution in [2.24, 2.45) is 17.8 Å². The van der Waals surface area contributed by atoms with E-state index in [1.54, 1.807) is 6.07 Å². The monoisotopic (exact) mass is 1120 g/mol. The molecule has 3 saturated heterocycles. The summed E-state index contributed by atoms with van der Waals surface area (Å²) in [5, 5.41) is 37.3. The first kappa shape index (κ1) is 62.8. The number of rotatable bonds is 12. The third-order valence-electron chi connectivity index (χ3n) is 19.0.